The first kappa shape index (κ1) is 26.6. The zero-order valence-electron chi connectivity index (χ0n) is 20.1. The van der Waals surface area contributed by atoms with Crippen LogP contribution in [0.5, 0.6) is 0 Å². The third-order valence-corrected chi connectivity index (χ3v) is 5.37. The van der Waals surface area contributed by atoms with Gasteiger partial charge in [0.2, 0.25) is 0 Å². The van der Waals surface area contributed by atoms with Gasteiger partial charge in [-0.3, -0.25) is 0 Å². The van der Waals surface area contributed by atoms with Crippen molar-refractivity contribution in [2.75, 3.05) is 12.4 Å². The fourth-order valence-corrected chi connectivity index (χ4v) is 3.78. The van der Waals surface area contributed by atoms with E-state index in [1.807, 2.05) is 7.05 Å². The Hall–Kier alpha value is -3.44. The van der Waals surface area contributed by atoms with Gasteiger partial charge in [0.1, 0.15) is 0 Å². The van der Waals surface area contributed by atoms with Crippen molar-refractivity contribution in [1.29, 1.82) is 0 Å². The Morgan fingerprint density at radius 3 is 2.00 bits per heavy atom. The molecule has 0 unspecified atom stereocenters. The Morgan fingerprint density at radius 1 is 0.875 bits per heavy atom. The minimum Gasteiger partial charge on any atom is -0.405 e. The Morgan fingerprint density at radius 2 is 1.47 bits per heavy atom. The monoisotopic (exact) mass is 426 g/mol. The van der Waals surface area contributed by atoms with Crippen molar-refractivity contribution in [2.24, 2.45) is 5.73 Å². The highest BCUT2D eigenvalue weighted by Crippen LogP contribution is 2.26. The fraction of sp³-hybridized carbons (Fsp3) is 0.267. The third-order valence-electron chi connectivity index (χ3n) is 5.37. The number of hydrogen-bond acceptors (Lipinski definition) is 2. The molecule has 0 atom stereocenters. The van der Waals surface area contributed by atoms with Crippen LogP contribution >= 0.6 is 0 Å². The molecule has 3 N–H and O–H groups in total. The van der Waals surface area contributed by atoms with Crippen LogP contribution in [0.15, 0.2) is 73.4 Å². The molecule has 0 aliphatic heterocycles. The first-order valence-electron chi connectivity index (χ1n) is 11.2. The molecule has 3 aromatic rings. The zero-order chi connectivity index (χ0) is 23.9. The largest absolute Gasteiger partial charge is 0.405 e. The highest BCUT2D eigenvalue weighted by molar-refractivity contribution is 5.68. The maximum atomic E-state index is 4.61. The molecular formula is C30H38N2. The molecule has 2 heteroatoms. The Bertz CT molecular complexity index is 981. The van der Waals surface area contributed by atoms with Gasteiger partial charge in [0, 0.05) is 12.7 Å². The number of nitrogens with one attached hydrogen (secondary N) is 1. The second-order valence-corrected chi connectivity index (χ2v) is 7.60. The summed E-state index contributed by atoms with van der Waals surface area (Å²) < 4.78 is 0. The molecule has 0 heterocycles. The van der Waals surface area contributed by atoms with Crippen LogP contribution in [0.4, 0.5) is 5.69 Å². The number of anilines is 1. The summed E-state index contributed by atoms with van der Waals surface area (Å²) in [5.74, 6) is 0. The molecule has 0 amide bonds. The minimum atomic E-state index is 1.01. The lowest BCUT2D eigenvalue weighted by molar-refractivity contribution is 0.913. The first-order valence-corrected chi connectivity index (χ1v) is 11.2. The van der Waals surface area contributed by atoms with Crippen LogP contribution in [-0.4, -0.2) is 7.05 Å². The third kappa shape index (κ3) is 7.67. The van der Waals surface area contributed by atoms with Gasteiger partial charge in [-0.05, 0) is 83.5 Å². The molecule has 0 bridgehead atoms. The number of benzene rings is 3. The van der Waals surface area contributed by atoms with Crippen molar-refractivity contribution in [2.45, 2.75) is 46.5 Å². The number of terminal acetylenes is 1. The average Bonchev–Trinajstić information content (AvgIpc) is 2.82. The second-order valence-electron chi connectivity index (χ2n) is 7.60. The van der Waals surface area contributed by atoms with E-state index in [4.69, 9.17) is 0 Å². The molecule has 2 nitrogen and oxygen atoms in total. The summed E-state index contributed by atoms with van der Waals surface area (Å²) in [6.07, 6.45) is 13.7. The Balaban J connectivity index is 0.000000944. The molecule has 0 saturated heterocycles. The van der Waals surface area contributed by atoms with Crippen molar-refractivity contribution in [1.82, 2.24) is 0 Å². The zero-order valence-corrected chi connectivity index (χ0v) is 20.1. The van der Waals surface area contributed by atoms with E-state index < -0.39 is 0 Å². The molecule has 32 heavy (non-hydrogen) atoms. The molecule has 0 radical (unpaired) electrons. The second kappa shape index (κ2) is 14.5. The van der Waals surface area contributed by atoms with Crippen LogP contribution in [0.2, 0.25) is 0 Å². The van der Waals surface area contributed by atoms with E-state index in [1.165, 1.54) is 63.7 Å². The molecule has 168 valence electrons. The molecule has 3 rings (SSSR count). The number of rotatable bonds is 7. The highest BCUT2D eigenvalue weighted by Gasteiger charge is 2.06. The number of aryl methyl sites for hydroxylation is 3. The SMILES string of the molecule is C#C.C=CN.CCCc1ccc(Cc2ccc(-c3ccc(NC)c(C)c3)cc2)c(CC)c1. The summed E-state index contributed by atoms with van der Waals surface area (Å²) in [5, 5.41) is 3.23. The topological polar surface area (TPSA) is 38.0 Å². The maximum Gasteiger partial charge on any atom is 0.0367 e. The van der Waals surface area contributed by atoms with E-state index in [1.54, 1.807) is 0 Å². The molecule has 3 aromatic carbocycles. The fourth-order valence-electron chi connectivity index (χ4n) is 3.78. The van der Waals surface area contributed by atoms with Gasteiger partial charge in [-0.15, -0.1) is 12.8 Å². The minimum absolute atomic E-state index is 1.01. The Labute approximate surface area is 195 Å². The van der Waals surface area contributed by atoms with Gasteiger partial charge >= 0.3 is 0 Å². The van der Waals surface area contributed by atoms with Crippen molar-refractivity contribution < 1.29 is 0 Å². The van der Waals surface area contributed by atoms with Crippen LogP contribution in [0.25, 0.3) is 11.1 Å². The van der Waals surface area contributed by atoms with E-state index in [-0.39, 0.29) is 0 Å². The first-order chi connectivity index (χ1) is 15.6. The van der Waals surface area contributed by atoms with Crippen LogP contribution < -0.4 is 11.1 Å². The molecule has 0 aromatic heterocycles. The van der Waals surface area contributed by atoms with Gasteiger partial charge in [-0.25, -0.2) is 0 Å². The standard InChI is InChI=1S/C26H31N.C2H5N.C2H2/c1-5-7-20-10-13-25(22(6-2)17-20)18-21-8-11-23(12-9-21)24-14-15-26(27-4)19(3)16-24;1-2-3;1-2/h8-17,27H,5-7,18H2,1-4H3;2H,1,3H2;1-2H. The lowest BCUT2D eigenvalue weighted by Gasteiger charge is -2.12. The smallest absolute Gasteiger partial charge is 0.0367 e. The average molecular weight is 427 g/mol. The van der Waals surface area contributed by atoms with Gasteiger partial charge < -0.3 is 11.1 Å². The lowest BCUT2D eigenvalue weighted by Crippen LogP contribution is -1.97. The normalized spacial score (nSPS) is 9.56. The van der Waals surface area contributed by atoms with E-state index in [0.717, 1.165) is 12.8 Å². The lowest BCUT2D eigenvalue weighted by atomic mass is 9.94. The summed E-state index contributed by atoms with van der Waals surface area (Å²) >= 11 is 0. The molecular weight excluding hydrogens is 388 g/mol. The van der Waals surface area contributed by atoms with Gasteiger partial charge in [-0.1, -0.05) is 75.4 Å². The van der Waals surface area contributed by atoms with Crippen LogP contribution in [0.3, 0.4) is 0 Å². The Kier molecular flexibility index (Phi) is 12.1. The van der Waals surface area contributed by atoms with E-state index >= 15 is 0 Å². The van der Waals surface area contributed by atoms with Crippen molar-refractivity contribution in [3.05, 3.63) is 101 Å². The highest BCUT2D eigenvalue weighted by atomic mass is 14.8. The van der Waals surface area contributed by atoms with Gasteiger partial charge in [0.25, 0.3) is 0 Å². The number of nitrogens with two attached hydrogens (primary N) is 1. The van der Waals surface area contributed by atoms with Crippen molar-refractivity contribution in [3.8, 4) is 24.0 Å². The van der Waals surface area contributed by atoms with Crippen molar-refractivity contribution >= 4 is 5.69 Å². The molecule has 0 saturated carbocycles. The summed E-state index contributed by atoms with van der Waals surface area (Å²) in [6, 6.07) is 22.7. The van der Waals surface area contributed by atoms with Crippen LogP contribution in [0.1, 0.15) is 48.1 Å². The molecule has 0 spiro atoms. The van der Waals surface area contributed by atoms with Crippen molar-refractivity contribution in [3.63, 3.8) is 0 Å². The predicted molar refractivity (Wildman–Crippen MR) is 143 cm³/mol. The summed E-state index contributed by atoms with van der Waals surface area (Å²) in [7, 11) is 1.97. The van der Waals surface area contributed by atoms with E-state index in [2.05, 4.69) is 112 Å². The molecule has 0 aliphatic rings. The molecule has 0 fully saturated rings. The van der Waals surface area contributed by atoms with E-state index in [9.17, 15) is 0 Å². The summed E-state index contributed by atoms with van der Waals surface area (Å²) in [6.45, 7) is 9.79. The van der Waals surface area contributed by atoms with Crippen LogP contribution in [-0.2, 0) is 19.3 Å². The van der Waals surface area contributed by atoms with Gasteiger partial charge in [-0.2, -0.15) is 0 Å². The maximum absolute atomic E-state index is 4.61. The summed E-state index contributed by atoms with van der Waals surface area (Å²) in [4.78, 5) is 0. The number of hydrogen-bond donors (Lipinski definition) is 2. The van der Waals surface area contributed by atoms with Gasteiger partial charge in [0.05, 0.1) is 0 Å². The predicted octanol–water partition coefficient (Wildman–Crippen LogP) is 7.15. The van der Waals surface area contributed by atoms with Gasteiger partial charge in [0.15, 0.2) is 0 Å². The van der Waals surface area contributed by atoms with E-state index in [0.29, 0.717) is 0 Å². The quantitative estimate of drug-likeness (QED) is 0.394. The summed E-state index contributed by atoms with van der Waals surface area (Å²) in [5.41, 5.74) is 15.4. The van der Waals surface area contributed by atoms with Crippen LogP contribution in [0, 0.1) is 19.8 Å². The molecule has 0 aliphatic carbocycles.